The number of nitrogens with two attached hydrogens (primary N) is 1. The largest absolute Gasteiger partial charge is 0.396 e. The molecule has 4 N–H and O–H groups in total. The minimum atomic E-state index is -0.879. The van der Waals surface area contributed by atoms with Gasteiger partial charge in [0.2, 0.25) is 5.91 Å². The highest BCUT2D eigenvalue weighted by Crippen LogP contribution is 2.55. The minimum absolute atomic E-state index is 0.113. The molecule has 0 spiro atoms. The first-order chi connectivity index (χ1) is 18.4. The van der Waals surface area contributed by atoms with Crippen LogP contribution in [-0.4, -0.2) is 38.4 Å². The molecule has 2 aromatic carbocycles. The van der Waals surface area contributed by atoms with E-state index in [2.05, 4.69) is 36.9 Å². The Kier molecular flexibility index (Phi) is 6.98. The van der Waals surface area contributed by atoms with Gasteiger partial charge in [-0.2, -0.15) is 0 Å². The van der Waals surface area contributed by atoms with E-state index in [9.17, 15) is 18.4 Å². The number of hydrogen-bond acceptors (Lipinski definition) is 5. The highest BCUT2D eigenvalue weighted by atomic mass is 79.9. The standard InChI is InChI=1S/C28H31BrF2N6O2/c1-15(2)24(33-25(38)17-6-4-16(3)5-7-17)26(39)34-27-8-10-28(14-27,11-9-27)37-13-20(35-36-37)18-12-19(30)21(29)22(31)23(18)32/h4-7,12-13,15,24H,8-11,14,32H2,1-3H3,(H,33,38)(H,34,39). The van der Waals surface area contributed by atoms with E-state index in [0.717, 1.165) is 37.3 Å². The van der Waals surface area contributed by atoms with Crippen LogP contribution in [-0.2, 0) is 10.3 Å². The summed E-state index contributed by atoms with van der Waals surface area (Å²) in [6, 6.07) is 7.67. The Morgan fingerprint density at radius 3 is 2.44 bits per heavy atom. The molecule has 2 amide bonds. The molecule has 39 heavy (non-hydrogen) atoms. The van der Waals surface area contributed by atoms with Crippen molar-refractivity contribution in [3.8, 4) is 11.3 Å². The lowest BCUT2D eigenvalue weighted by Crippen LogP contribution is -2.55. The van der Waals surface area contributed by atoms with Crippen molar-refractivity contribution in [2.24, 2.45) is 5.92 Å². The fourth-order valence-corrected chi connectivity index (χ4v) is 6.23. The number of amides is 2. The summed E-state index contributed by atoms with van der Waals surface area (Å²) in [6.07, 6.45) is 5.32. The third-order valence-corrected chi connectivity index (χ3v) is 8.93. The van der Waals surface area contributed by atoms with Gasteiger partial charge in [0.15, 0.2) is 5.82 Å². The van der Waals surface area contributed by atoms with Gasteiger partial charge in [-0.1, -0.05) is 36.8 Å². The van der Waals surface area contributed by atoms with Crippen LogP contribution >= 0.6 is 15.9 Å². The van der Waals surface area contributed by atoms with Crippen LogP contribution in [0.15, 0.2) is 41.0 Å². The highest BCUT2D eigenvalue weighted by Gasteiger charge is 2.57. The van der Waals surface area contributed by atoms with Gasteiger partial charge in [0.05, 0.1) is 21.9 Å². The third-order valence-electron chi connectivity index (χ3n) is 8.20. The van der Waals surface area contributed by atoms with Gasteiger partial charge in [-0.15, -0.1) is 5.10 Å². The van der Waals surface area contributed by atoms with Gasteiger partial charge >= 0.3 is 0 Å². The molecule has 1 unspecified atom stereocenters. The molecule has 2 aliphatic carbocycles. The van der Waals surface area contributed by atoms with Crippen molar-refractivity contribution < 1.29 is 18.4 Å². The Morgan fingerprint density at radius 2 is 1.79 bits per heavy atom. The number of carbonyl (C=O) groups is 2. The molecule has 206 valence electrons. The summed E-state index contributed by atoms with van der Waals surface area (Å²) in [6.45, 7) is 5.76. The average Bonchev–Trinajstić information content (AvgIpc) is 3.63. The van der Waals surface area contributed by atoms with Crippen LogP contribution in [0.25, 0.3) is 11.3 Å². The van der Waals surface area contributed by atoms with Crippen molar-refractivity contribution in [2.45, 2.75) is 70.0 Å². The van der Waals surface area contributed by atoms with Crippen LogP contribution < -0.4 is 16.4 Å². The third kappa shape index (κ3) is 4.92. The molecule has 2 aliphatic rings. The number of nitrogens with zero attached hydrogens (tertiary/aromatic N) is 3. The maximum atomic E-state index is 14.3. The van der Waals surface area contributed by atoms with Gasteiger partial charge in [0.1, 0.15) is 17.6 Å². The lowest BCUT2D eigenvalue weighted by Gasteiger charge is -2.31. The topological polar surface area (TPSA) is 115 Å². The number of anilines is 1. The number of fused-ring (bicyclic) bond motifs is 2. The summed E-state index contributed by atoms with van der Waals surface area (Å²) < 4.78 is 30.0. The molecule has 0 radical (unpaired) electrons. The van der Waals surface area contributed by atoms with Crippen molar-refractivity contribution in [2.75, 3.05) is 5.73 Å². The van der Waals surface area contributed by atoms with Crippen molar-refractivity contribution in [1.82, 2.24) is 25.6 Å². The summed E-state index contributed by atoms with van der Waals surface area (Å²) >= 11 is 2.86. The maximum absolute atomic E-state index is 14.3. The highest BCUT2D eigenvalue weighted by molar-refractivity contribution is 9.10. The quantitative estimate of drug-likeness (QED) is 0.265. The summed E-state index contributed by atoms with van der Waals surface area (Å²) in [5, 5.41) is 14.6. The van der Waals surface area contributed by atoms with E-state index >= 15 is 0 Å². The van der Waals surface area contributed by atoms with Crippen LogP contribution in [0.5, 0.6) is 0 Å². The van der Waals surface area contributed by atoms with Crippen LogP contribution in [0.4, 0.5) is 14.5 Å². The van der Waals surface area contributed by atoms with E-state index in [1.54, 1.807) is 23.0 Å². The molecule has 2 saturated carbocycles. The smallest absolute Gasteiger partial charge is 0.251 e. The summed E-state index contributed by atoms with van der Waals surface area (Å²) in [5.41, 5.74) is 6.85. The number of carbonyl (C=O) groups excluding carboxylic acids is 2. The first-order valence-corrected chi connectivity index (χ1v) is 13.8. The van der Waals surface area contributed by atoms with Crippen molar-refractivity contribution in [3.63, 3.8) is 0 Å². The monoisotopic (exact) mass is 600 g/mol. The molecule has 0 saturated heterocycles. The molecule has 2 bridgehead atoms. The van der Waals surface area contributed by atoms with E-state index in [-0.39, 0.29) is 44.7 Å². The van der Waals surface area contributed by atoms with Gasteiger partial charge < -0.3 is 16.4 Å². The maximum Gasteiger partial charge on any atom is 0.251 e. The lowest BCUT2D eigenvalue weighted by molar-refractivity contribution is -0.125. The van der Waals surface area contributed by atoms with Crippen molar-refractivity contribution >= 4 is 33.4 Å². The zero-order valence-electron chi connectivity index (χ0n) is 22.0. The molecule has 8 nitrogen and oxygen atoms in total. The Labute approximate surface area is 233 Å². The molecule has 1 atom stereocenters. The Morgan fingerprint density at radius 1 is 1.13 bits per heavy atom. The SMILES string of the molecule is Cc1ccc(C(=O)NC(C(=O)NC23CCC(n4cc(-c5cc(F)c(Br)c(F)c5N)nn4)(CC2)C3)C(C)C)cc1. The molecule has 11 heteroatoms. The van der Waals surface area contributed by atoms with Crippen molar-refractivity contribution in [1.29, 1.82) is 0 Å². The van der Waals surface area contributed by atoms with E-state index in [4.69, 9.17) is 5.73 Å². The van der Waals surface area contributed by atoms with Crippen LogP contribution in [0.1, 0.15) is 61.9 Å². The van der Waals surface area contributed by atoms with E-state index in [0.29, 0.717) is 12.0 Å². The summed E-state index contributed by atoms with van der Waals surface area (Å²) in [5.74, 6) is -2.27. The average molecular weight is 601 g/mol. The van der Waals surface area contributed by atoms with Gasteiger partial charge in [-0.3, -0.25) is 9.59 Å². The molecular formula is C28H31BrF2N6O2. The number of halogens is 3. The zero-order valence-corrected chi connectivity index (χ0v) is 23.6. The lowest BCUT2D eigenvalue weighted by atomic mass is 9.90. The molecule has 2 fully saturated rings. The molecule has 0 aliphatic heterocycles. The van der Waals surface area contributed by atoms with E-state index in [1.807, 2.05) is 32.9 Å². The van der Waals surface area contributed by atoms with Crippen LogP contribution in [0.3, 0.4) is 0 Å². The second kappa shape index (κ2) is 10.0. The Hall–Kier alpha value is -3.34. The van der Waals surface area contributed by atoms with Crippen molar-refractivity contribution in [3.05, 3.63) is 63.8 Å². The van der Waals surface area contributed by atoms with E-state index in [1.165, 1.54) is 0 Å². The van der Waals surface area contributed by atoms with E-state index < -0.39 is 23.2 Å². The predicted molar refractivity (Wildman–Crippen MR) is 147 cm³/mol. The Bertz CT molecular complexity index is 1430. The number of rotatable bonds is 7. The molecule has 1 aromatic heterocycles. The second-order valence-electron chi connectivity index (χ2n) is 11.2. The number of aryl methyl sites for hydroxylation is 1. The predicted octanol–water partition coefficient (Wildman–Crippen LogP) is 4.86. The normalized spacial score (nSPS) is 22.7. The second-order valence-corrected chi connectivity index (χ2v) is 12.0. The molecule has 5 rings (SSSR count). The number of nitrogens with one attached hydrogen (secondary N) is 2. The first kappa shape index (κ1) is 27.2. The minimum Gasteiger partial charge on any atom is -0.396 e. The molecule has 1 heterocycles. The van der Waals surface area contributed by atoms with Gasteiger partial charge in [0, 0.05) is 16.7 Å². The van der Waals surface area contributed by atoms with Gasteiger partial charge in [0.25, 0.3) is 5.91 Å². The van der Waals surface area contributed by atoms with Gasteiger partial charge in [-0.05, 0) is 79.1 Å². The van der Waals surface area contributed by atoms with Crippen LogP contribution in [0, 0.1) is 24.5 Å². The molecular weight excluding hydrogens is 570 g/mol. The Balaban J connectivity index is 1.31. The molecule has 3 aromatic rings. The number of nitrogen functional groups attached to an aromatic ring is 1. The fraction of sp³-hybridized carbons (Fsp3) is 0.429. The summed E-state index contributed by atoms with van der Waals surface area (Å²) in [4.78, 5) is 26.3. The number of benzene rings is 2. The van der Waals surface area contributed by atoms with Gasteiger partial charge in [-0.25, -0.2) is 13.5 Å². The summed E-state index contributed by atoms with van der Waals surface area (Å²) in [7, 11) is 0. The zero-order chi connectivity index (χ0) is 28.1. The van der Waals surface area contributed by atoms with Crippen LogP contribution in [0.2, 0.25) is 0 Å². The number of aromatic nitrogens is 3. The number of hydrogen-bond donors (Lipinski definition) is 3. The first-order valence-electron chi connectivity index (χ1n) is 13.0. The fourth-order valence-electron chi connectivity index (χ4n) is 5.90.